The molecule has 1 fully saturated rings. The van der Waals surface area contributed by atoms with Gasteiger partial charge in [-0.3, -0.25) is 0 Å². The highest BCUT2D eigenvalue weighted by Gasteiger charge is 2.29. The Bertz CT molecular complexity index is 433. The molecule has 1 aromatic carbocycles. The summed E-state index contributed by atoms with van der Waals surface area (Å²) < 4.78 is 27.2. The van der Waals surface area contributed by atoms with Crippen molar-refractivity contribution in [3.63, 3.8) is 0 Å². The number of halogens is 2. The third-order valence-electron chi connectivity index (χ3n) is 4.59. The maximum Gasteiger partial charge on any atom is 0.130 e. The van der Waals surface area contributed by atoms with E-state index in [0.717, 1.165) is 31.4 Å². The maximum absolute atomic E-state index is 14.1. The summed E-state index contributed by atoms with van der Waals surface area (Å²) in [5, 5.41) is 3.41. The zero-order chi connectivity index (χ0) is 14.5. The summed E-state index contributed by atoms with van der Waals surface area (Å²) >= 11 is 0. The van der Waals surface area contributed by atoms with Gasteiger partial charge in [0.1, 0.15) is 11.6 Å². The van der Waals surface area contributed by atoms with E-state index < -0.39 is 11.6 Å². The van der Waals surface area contributed by atoms with Crippen molar-refractivity contribution in [2.75, 3.05) is 6.54 Å². The lowest BCUT2D eigenvalue weighted by Gasteiger charge is -2.35. The van der Waals surface area contributed by atoms with E-state index in [1.54, 1.807) is 6.07 Å². The van der Waals surface area contributed by atoms with E-state index in [1.807, 2.05) is 6.92 Å². The van der Waals surface area contributed by atoms with E-state index in [9.17, 15) is 8.78 Å². The second kappa shape index (κ2) is 7.16. The molecule has 1 nitrogen and oxygen atoms in total. The van der Waals surface area contributed by atoms with Crippen LogP contribution in [0.15, 0.2) is 18.2 Å². The third kappa shape index (κ3) is 3.57. The fourth-order valence-corrected chi connectivity index (χ4v) is 3.51. The molecule has 0 heterocycles. The molecule has 0 bridgehead atoms. The van der Waals surface area contributed by atoms with Crippen molar-refractivity contribution >= 4 is 0 Å². The maximum atomic E-state index is 14.1. The number of hydrogen-bond donors (Lipinski definition) is 1. The topological polar surface area (TPSA) is 12.0 Å². The van der Waals surface area contributed by atoms with Crippen molar-refractivity contribution in [2.45, 2.75) is 52.0 Å². The minimum absolute atomic E-state index is 0.00921. The van der Waals surface area contributed by atoms with Gasteiger partial charge in [0.05, 0.1) is 0 Å². The summed E-state index contributed by atoms with van der Waals surface area (Å²) in [5.41, 5.74) is 0.620. The summed E-state index contributed by atoms with van der Waals surface area (Å²) in [5.74, 6) is 0.276. The minimum atomic E-state index is -0.503. The van der Waals surface area contributed by atoms with Gasteiger partial charge >= 0.3 is 0 Å². The van der Waals surface area contributed by atoms with E-state index in [1.165, 1.54) is 25.3 Å². The lowest BCUT2D eigenvalue weighted by molar-refractivity contribution is 0.208. The Hall–Kier alpha value is -0.960. The summed E-state index contributed by atoms with van der Waals surface area (Å²) in [4.78, 5) is 0. The van der Waals surface area contributed by atoms with Gasteiger partial charge < -0.3 is 5.32 Å². The molecule has 0 radical (unpaired) electrons. The third-order valence-corrected chi connectivity index (χ3v) is 4.59. The predicted octanol–water partition coefficient (Wildman–Crippen LogP) is 4.83. The van der Waals surface area contributed by atoms with Gasteiger partial charge in [0.25, 0.3) is 0 Å². The van der Waals surface area contributed by atoms with Crippen LogP contribution in [0.1, 0.15) is 57.6 Å². The van der Waals surface area contributed by atoms with Crippen molar-refractivity contribution < 1.29 is 8.78 Å². The van der Waals surface area contributed by atoms with Gasteiger partial charge in [-0.15, -0.1) is 0 Å². The molecule has 0 aromatic heterocycles. The fourth-order valence-electron chi connectivity index (χ4n) is 3.51. The lowest BCUT2D eigenvalue weighted by Crippen LogP contribution is -2.32. The molecule has 20 heavy (non-hydrogen) atoms. The average molecular weight is 281 g/mol. The molecule has 0 saturated heterocycles. The van der Waals surface area contributed by atoms with Crippen LogP contribution in [-0.2, 0) is 0 Å². The van der Waals surface area contributed by atoms with Crippen LogP contribution in [-0.4, -0.2) is 6.54 Å². The molecule has 1 aliphatic carbocycles. The van der Waals surface area contributed by atoms with Gasteiger partial charge in [-0.05, 0) is 37.3 Å². The van der Waals surface area contributed by atoms with Crippen LogP contribution in [0.4, 0.5) is 8.78 Å². The highest BCUT2D eigenvalue weighted by Crippen LogP contribution is 2.39. The summed E-state index contributed by atoms with van der Waals surface area (Å²) in [6, 6.07) is 3.98. The van der Waals surface area contributed by atoms with Crippen molar-refractivity contribution in [1.29, 1.82) is 0 Å². The van der Waals surface area contributed by atoms with E-state index in [4.69, 9.17) is 0 Å². The van der Waals surface area contributed by atoms with Gasteiger partial charge in [0, 0.05) is 17.7 Å². The predicted molar refractivity (Wildman–Crippen MR) is 78.5 cm³/mol. The summed E-state index contributed by atoms with van der Waals surface area (Å²) in [6.07, 6.45) is 5.98. The Morgan fingerprint density at radius 1 is 1.25 bits per heavy atom. The Kier molecular flexibility index (Phi) is 5.53. The normalized spacial score (nSPS) is 24.6. The molecule has 2 rings (SSSR count). The van der Waals surface area contributed by atoms with Crippen LogP contribution >= 0.6 is 0 Å². The first kappa shape index (κ1) is 15.4. The standard InChI is InChI=1S/C17H25F2N/c1-3-12-6-5-7-13(10-12)17(20-4-2)15-9-8-14(18)11-16(15)19/h8-9,11-13,17,20H,3-7,10H2,1-2H3. The molecule has 1 N–H and O–H groups in total. The molecule has 0 spiro atoms. The Balaban J connectivity index is 2.21. The van der Waals surface area contributed by atoms with Gasteiger partial charge in [-0.2, -0.15) is 0 Å². The molecule has 3 unspecified atom stereocenters. The van der Waals surface area contributed by atoms with Crippen LogP contribution in [0.3, 0.4) is 0 Å². The van der Waals surface area contributed by atoms with Gasteiger partial charge in [-0.25, -0.2) is 8.78 Å². The molecule has 3 heteroatoms. The van der Waals surface area contributed by atoms with Crippen LogP contribution < -0.4 is 5.32 Å². The molecule has 1 aromatic rings. The van der Waals surface area contributed by atoms with E-state index >= 15 is 0 Å². The first-order valence-electron chi connectivity index (χ1n) is 7.84. The minimum Gasteiger partial charge on any atom is -0.310 e. The fraction of sp³-hybridized carbons (Fsp3) is 0.647. The van der Waals surface area contributed by atoms with Gasteiger partial charge in [0.2, 0.25) is 0 Å². The Morgan fingerprint density at radius 2 is 2.05 bits per heavy atom. The molecule has 0 aliphatic heterocycles. The number of rotatable bonds is 5. The molecule has 0 amide bonds. The van der Waals surface area contributed by atoms with Crippen molar-refractivity contribution in [3.8, 4) is 0 Å². The van der Waals surface area contributed by atoms with Crippen molar-refractivity contribution in [1.82, 2.24) is 5.32 Å². The summed E-state index contributed by atoms with van der Waals surface area (Å²) in [7, 11) is 0. The Labute approximate surface area is 120 Å². The monoisotopic (exact) mass is 281 g/mol. The second-order valence-electron chi connectivity index (χ2n) is 5.90. The van der Waals surface area contributed by atoms with Crippen LogP contribution in [0, 0.1) is 23.5 Å². The SMILES string of the molecule is CCNC(c1ccc(F)cc1F)C1CCCC(CC)C1. The van der Waals surface area contributed by atoms with Gasteiger partial charge in [0.15, 0.2) is 0 Å². The largest absolute Gasteiger partial charge is 0.310 e. The van der Waals surface area contributed by atoms with Crippen molar-refractivity contribution in [2.24, 2.45) is 11.8 Å². The molecule has 1 saturated carbocycles. The molecule has 112 valence electrons. The van der Waals surface area contributed by atoms with E-state index in [-0.39, 0.29) is 6.04 Å². The number of hydrogen-bond acceptors (Lipinski definition) is 1. The lowest BCUT2D eigenvalue weighted by atomic mass is 9.75. The van der Waals surface area contributed by atoms with Crippen LogP contribution in [0.5, 0.6) is 0 Å². The van der Waals surface area contributed by atoms with E-state index in [2.05, 4.69) is 12.2 Å². The van der Waals surface area contributed by atoms with Gasteiger partial charge in [-0.1, -0.05) is 39.2 Å². The highest BCUT2D eigenvalue weighted by molar-refractivity contribution is 5.23. The summed E-state index contributed by atoms with van der Waals surface area (Å²) in [6.45, 7) is 5.07. The second-order valence-corrected chi connectivity index (χ2v) is 5.90. The molecular weight excluding hydrogens is 256 g/mol. The van der Waals surface area contributed by atoms with Crippen LogP contribution in [0.2, 0.25) is 0 Å². The molecular formula is C17H25F2N. The first-order chi connectivity index (χ1) is 9.65. The zero-order valence-corrected chi connectivity index (χ0v) is 12.5. The number of nitrogens with one attached hydrogen (secondary N) is 1. The first-order valence-corrected chi connectivity index (χ1v) is 7.84. The smallest absolute Gasteiger partial charge is 0.130 e. The molecule has 3 atom stereocenters. The zero-order valence-electron chi connectivity index (χ0n) is 12.5. The van der Waals surface area contributed by atoms with Crippen LogP contribution in [0.25, 0.3) is 0 Å². The number of benzene rings is 1. The Morgan fingerprint density at radius 3 is 2.70 bits per heavy atom. The van der Waals surface area contributed by atoms with E-state index in [0.29, 0.717) is 11.5 Å². The average Bonchev–Trinajstić information content (AvgIpc) is 2.45. The quantitative estimate of drug-likeness (QED) is 0.815. The highest BCUT2D eigenvalue weighted by atomic mass is 19.1. The molecule has 1 aliphatic rings. The van der Waals surface area contributed by atoms with Crippen molar-refractivity contribution in [3.05, 3.63) is 35.4 Å².